The summed E-state index contributed by atoms with van der Waals surface area (Å²) in [6, 6.07) is 3.11. The number of alkyl halides is 3. The predicted molar refractivity (Wildman–Crippen MR) is 114 cm³/mol. The lowest BCUT2D eigenvalue weighted by molar-refractivity contribution is -0.00177. The van der Waals surface area contributed by atoms with E-state index >= 15 is 0 Å². The van der Waals surface area contributed by atoms with Crippen LogP contribution in [0.1, 0.15) is 30.6 Å². The molecule has 3 N–H and O–H groups in total. The lowest BCUT2D eigenvalue weighted by Crippen LogP contribution is -2.42. The average molecular weight is 471 g/mol. The van der Waals surface area contributed by atoms with Crippen LogP contribution in [-0.2, 0) is 0 Å². The van der Waals surface area contributed by atoms with Gasteiger partial charge in [-0.3, -0.25) is 9.78 Å². The van der Waals surface area contributed by atoms with Crippen molar-refractivity contribution >= 4 is 28.8 Å². The Bertz CT molecular complexity index is 1100. The number of aliphatic hydroxyl groups is 1. The van der Waals surface area contributed by atoms with Crippen molar-refractivity contribution in [3.63, 3.8) is 0 Å². The van der Waals surface area contributed by atoms with Crippen molar-refractivity contribution in [2.75, 3.05) is 18.4 Å². The second kappa shape index (κ2) is 9.70. The summed E-state index contributed by atoms with van der Waals surface area (Å²) in [5, 5.41) is 19.5. The first kappa shape index (κ1) is 23.7. The van der Waals surface area contributed by atoms with E-state index in [2.05, 4.69) is 25.7 Å². The largest absolute Gasteiger partial charge is 0.387 e. The zero-order chi connectivity index (χ0) is 23.5. The number of amides is 1. The highest BCUT2D eigenvalue weighted by Crippen LogP contribution is 2.25. The van der Waals surface area contributed by atoms with E-state index in [1.165, 1.54) is 43.0 Å². The fraction of sp³-hybridized carbons (Fsp3) is 0.400. The Morgan fingerprint density at radius 3 is 2.66 bits per heavy atom. The molecule has 12 heteroatoms. The maximum Gasteiger partial charge on any atom is 0.255 e. The molecule has 0 radical (unpaired) electrons. The van der Waals surface area contributed by atoms with Gasteiger partial charge in [0.1, 0.15) is 11.9 Å². The summed E-state index contributed by atoms with van der Waals surface area (Å²) in [4.78, 5) is 21.1. The summed E-state index contributed by atoms with van der Waals surface area (Å²) in [6.45, 7) is 2.04. The Morgan fingerprint density at radius 2 is 1.97 bits per heavy atom. The van der Waals surface area contributed by atoms with E-state index in [0.29, 0.717) is 22.1 Å². The Labute approximate surface area is 186 Å². The van der Waals surface area contributed by atoms with Gasteiger partial charge in [0.15, 0.2) is 5.65 Å². The third-order valence-electron chi connectivity index (χ3n) is 4.63. The second-order valence-corrected chi connectivity index (χ2v) is 8.08. The monoisotopic (exact) mass is 470 g/mol. The van der Waals surface area contributed by atoms with Crippen LogP contribution in [0.15, 0.2) is 30.7 Å². The van der Waals surface area contributed by atoms with Crippen molar-refractivity contribution in [2.24, 2.45) is 0 Å². The minimum atomic E-state index is -2.52. The van der Waals surface area contributed by atoms with Gasteiger partial charge in [-0.15, -0.1) is 0 Å². The number of rotatable bonds is 9. The van der Waals surface area contributed by atoms with Crippen LogP contribution in [0.2, 0.25) is 5.02 Å². The van der Waals surface area contributed by atoms with Gasteiger partial charge in [-0.05, 0) is 19.9 Å². The van der Waals surface area contributed by atoms with E-state index in [1.54, 1.807) is 6.07 Å². The van der Waals surface area contributed by atoms with E-state index in [9.17, 15) is 23.1 Å². The summed E-state index contributed by atoms with van der Waals surface area (Å²) in [6.07, 6.45) is -0.459. The van der Waals surface area contributed by atoms with Gasteiger partial charge < -0.3 is 15.7 Å². The molecule has 0 aromatic carbocycles. The summed E-state index contributed by atoms with van der Waals surface area (Å²) in [5.41, 5.74) is -0.0164. The van der Waals surface area contributed by atoms with Crippen LogP contribution in [-0.4, -0.2) is 61.9 Å². The summed E-state index contributed by atoms with van der Waals surface area (Å²) < 4.78 is 40.7. The second-order valence-electron chi connectivity index (χ2n) is 7.64. The van der Waals surface area contributed by atoms with E-state index in [4.69, 9.17) is 11.6 Å². The molecule has 1 amide bonds. The first-order chi connectivity index (χ1) is 15.1. The fourth-order valence-electron chi connectivity index (χ4n) is 2.79. The Hall–Kier alpha value is -2.92. The van der Waals surface area contributed by atoms with Crippen molar-refractivity contribution in [1.82, 2.24) is 24.9 Å². The van der Waals surface area contributed by atoms with Crippen LogP contribution in [0.25, 0.3) is 17.0 Å². The van der Waals surface area contributed by atoms with E-state index in [1.807, 2.05) is 0 Å². The van der Waals surface area contributed by atoms with Crippen molar-refractivity contribution in [1.29, 1.82) is 0 Å². The Morgan fingerprint density at radius 1 is 1.22 bits per heavy atom. The van der Waals surface area contributed by atoms with Gasteiger partial charge in [0, 0.05) is 25.2 Å². The van der Waals surface area contributed by atoms with Crippen molar-refractivity contribution in [3.05, 3.63) is 41.3 Å². The molecular weight excluding hydrogens is 449 g/mol. The van der Waals surface area contributed by atoms with Gasteiger partial charge in [-0.2, -0.15) is 5.10 Å². The molecule has 8 nitrogen and oxygen atoms in total. The summed E-state index contributed by atoms with van der Waals surface area (Å²) >= 11 is 5.93. The highest BCUT2D eigenvalue weighted by molar-refractivity contribution is 6.30. The molecule has 1 unspecified atom stereocenters. The molecule has 0 saturated carbocycles. The first-order valence-corrected chi connectivity index (χ1v) is 10.1. The van der Waals surface area contributed by atoms with E-state index in [-0.39, 0.29) is 17.8 Å². The van der Waals surface area contributed by atoms with E-state index in [0.717, 1.165) is 0 Å². The topological polar surface area (TPSA) is 104 Å². The number of hydrogen-bond donors (Lipinski definition) is 3. The third kappa shape index (κ3) is 5.65. The van der Waals surface area contributed by atoms with Crippen LogP contribution in [0.3, 0.4) is 0 Å². The molecule has 3 heterocycles. The van der Waals surface area contributed by atoms with Gasteiger partial charge in [0.05, 0.1) is 46.5 Å². The zero-order valence-corrected chi connectivity index (χ0v) is 18.1. The molecule has 3 aromatic heterocycles. The lowest BCUT2D eigenvalue weighted by Gasteiger charge is -2.22. The SMILES string of the molecule is CC(C)(O)C(F)CNC(=O)c1cnc(-c2cnc3cc(Cl)cnn23)cc1NCCC(F)F. The fourth-order valence-corrected chi connectivity index (χ4v) is 2.94. The van der Waals surface area contributed by atoms with Crippen molar-refractivity contribution in [3.8, 4) is 11.4 Å². The highest BCUT2D eigenvalue weighted by atomic mass is 35.5. The number of fused-ring (bicyclic) bond motifs is 1. The number of nitrogens with one attached hydrogen (secondary N) is 2. The number of carbonyl (C=O) groups excluding carboxylic acids is 1. The predicted octanol–water partition coefficient (Wildman–Crippen LogP) is 3.35. The molecule has 0 aliphatic carbocycles. The van der Waals surface area contributed by atoms with Gasteiger partial charge >= 0.3 is 0 Å². The van der Waals surface area contributed by atoms with Gasteiger partial charge in [0.25, 0.3) is 5.91 Å². The average Bonchev–Trinajstić information content (AvgIpc) is 3.13. The van der Waals surface area contributed by atoms with Crippen LogP contribution >= 0.6 is 11.6 Å². The molecule has 3 rings (SSSR count). The molecule has 0 bridgehead atoms. The number of pyridine rings is 1. The maximum absolute atomic E-state index is 14.0. The first-order valence-electron chi connectivity index (χ1n) is 9.72. The molecule has 172 valence electrons. The van der Waals surface area contributed by atoms with Crippen LogP contribution in [0.5, 0.6) is 0 Å². The highest BCUT2D eigenvalue weighted by Gasteiger charge is 2.27. The quantitative estimate of drug-likeness (QED) is 0.443. The number of anilines is 1. The maximum atomic E-state index is 14.0. The lowest BCUT2D eigenvalue weighted by atomic mass is 10.0. The summed E-state index contributed by atoms with van der Waals surface area (Å²) in [5.74, 6) is -0.668. The molecule has 3 aromatic rings. The van der Waals surface area contributed by atoms with Gasteiger partial charge in [0.2, 0.25) is 6.43 Å². The number of halogens is 4. The molecule has 0 aliphatic rings. The van der Waals surface area contributed by atoms with Crippen molar-refractivity contribution in [2.45, 2.75) is 38.5 Å². The number of imidazole rings is 1. The normalized spacial score (nSPS) is 12.9. The number of carbonyl (C=O) groups is 1. The Kier molecular flexibility index (Phi) is 7.19. The smallest absolute Gasteiger partial charge is 0.255 e. The minimum absolute atomic E-state index is 0.0378. The van der Waals surface area contributed by atoms with Crippen LogP contribution < -0.4 is 10.6 Å². The van der Waals surface area contributed by atoms with Crippen LogP contribution in [0, 0.1) is 0 Å². The number of nitrogens with zero attached hydrogens (tertiary/aromatic N) is 4. The van der Waals surface area contributed by atoms with Crippen molar-refractivity contribution < 1.29 is 23.1 Å². The molecule has 0 spiro atoms. The number of aromatic nitrogens is 4. The molecule has 0 aliphatic heterocycles. The summed E-state index contributed by atoms with van der Waals surface area (Å²) in [7, 11) is 0. The minimum Gasteiger partial charge on any atom is -0.387 e. The van der Waals surface area contributed by atoms with Gasteiger partial charge in [-0.1, -0.05) is 11.6 Å². The Balaban J connectivity index is 1.90. The standard InChI is InChI=1S/C20H22ClF3N6O2/c1-20(2,32)16(22)10-28-19(31)12-8-26-14(6-13(12)25-4-3-17(23)24)15-9-27-18-5-11(21)7-29-30(15)18/h5-9,16-17,32H,3-4,10H2,1-2H3,(H,25,26)(H,28,31). The van der Waals surface area contributed by atoms with Crippen LogP contribution in [0.4, 0.5) is 18.9 Å². The third-order valence-corrected chi connectivity index (χ3v) is 4.83. The van der Waals surface area contributed by atoms with E-state index < -0.39 is 37.1 Å². The molecule has 0 saturated heterocycles. The van der Waals surface area contributed by atoms with Gasteiger partial charge in [-0.25, -0.2) is 22.7 Å². The molecule has 0 fully saturated rings. The number of hydrogen-bond acceptors (Lipinski definition) is 6. The molecular formula is C20H22ClF3N6O2. The zero-order valence-electron chi connectivity index (χ0n) is 17.3. The molecule has 32 heavy (non-hydrogen) atoms. The molecule has 1 atom stereocenters.